The molecule has 1 amide bonds. The van der Waals surface area contributed by atoms with Gasteiger partial charge in [0.15, 0.2) is 0 Å². The number of hydrogen-bond acceptors (Lipinski definition) is 3. The van der Waals surface area contributed by atoms with Crippen LogP contribution in [-0.4, -0.2) is 20.4 Å². The van der Waals surface area contributed by atoms with Gasteiger partial charge in [-0.05, 0) is 37.1 Å². The van der Waals surface area contributed by atoms with E-state index in [2.05, 4.69) is 10.0 Å². The van der Waals surface area contributed by atoms with Crippen LogP contribution in [0.1, 0.15) is 46.1 Å². The normalized spacial score (nSPS) is 18.8. The molecule has 1 atom stereocenters. The number of carbonyl (C=O) groups excluding carboxylic acids is 1. The van der Waals surface area contributed by atoms with E-state index in [1.807, 2.05) is 27.7 Å². The molecule has 0 radical (unpaired) electrons. The molecule has 1 unspecified atom stereocenters. The largest absolute Gasteiger partial charge is 0.326 e. The van der Waals surface area contributed by atoms with Gasteiger partial charge < -0.3 is 5.32 Å². The van der Waals surface area contributed by atoms with Gasteiger partial charge in [0, 0.05) is 23.6 Å². The summed E-state index contributed by atoms with van der Waals surface area (Å²) in [5, 5.41) is 2.79. The van der Waals surface area contributed by atoms with Gasteiger partial charge in [0.1, 0.15) is 0 Å². The number of anilines is 1. The molecule has 1 heterocycles. The molecule has 2 rings (SSSR count). The summed E-state index contributed by atoms with van der Waals surface area (Å²) in [5.74, 6) is -0.0409. The Morgan fingerprint density at radius 2 is 2.05 bits per heavy atom. The highest BCUT2D eigenvalue weighted by Crippen LogP contribution is 2.38. The highest BCUT2D eigenvalue weighted by molar-refractivity contribution is 7.89. The first-order chi connectivity index (χ1) is 9.65. The minimum atomic E-state index is -3.53. The van der Waals surface area contributed by atoms with Crippen molar-refractivity contribution < 1.29 is 13.2 Å². The van der Waals surface area contributed by atoms with Crippen LogP contribution in [0.15, 0.2) is 23.1 Å². The van der Waals surface area contributed by atoms with Gasteiger partial charge in [-0.15, -0.1) is 0 Å². The maximum absolute atomic E-state index is 12.4. The topological polar surface area (TPSA) is 75.3 Å². The third kappa shape index (κ3) is 3.27. The number of rotatable bonds is 4. The minimum Gasteiger partial charge on any atom is -0.326 e. The zero-order valence-corrected chi connectivity index (χ0v) is 13.7. The van der Waals surface area contributed by atoms with Crippen LogP contribution in [0.25, 0.3) is 0 Å². The van der Waals surface area contributed by atoms with Gasteiger partial charge in [-0.1, -0.05) is 20.8 Å². The highest BCUT2D eigenvalue weighted by Gasteiger charge is 2.33. The summed E-state index contributed by atoms with van der Waals surface area (Å²) in [7, 11) is -3.53. The average Bonchev–Trinajstić information content (AvgIpc) is 2.36. The Balaban J connectivity index is 2.44. The molecule has 1 aromatic carbocycles. The van der Waals surface area contributed by atoms with Crippen molar-refractivity contribution in [3.63, 3.8) is 0 Å². The van der Waals surface area contributed by atoms with Gasteiger partial charge in [-0.25, -0.2) is 13.1 Å². The lowest BCUT2D eigenvalue weighted by molar-refractivity contribution is -0.117. The Labute approximate surface area is 126 Å². The number of nitrogens with one attached hydrogen (secondary N) is 2. The summed E-state index contributed by atoms with van der Waals surface area (Å²) >= 11 is 0. The van der Waals surface area contributed by atoms with E-state index in [4.69, 9.17) is 0 Å². The van der Waals surface area contributed by atoms with E-state index in [9.17, 15) is 13.2 Å². The second-order valence-electron chi connectivity index (χ2n) is 6.25. The Morgan fingerprint density at radius 3 is 2.67 bits per heavy atom. The Kier molecular flexibility index (Phi) is 4.13. The molecule has 1 aliphatic rings. The summed E-state index contributed by atoms with van der Waals surface area (Å²) in [6.45, 7) is 7.66. The zero-order chi connectivity index (χ0) is 15.8. The van der Waals surface area contributed by atoms with Crippen molar-refractivity contribution in [3.05, 3.63) is 23.8 Å². The molecule has 0 aliphatic carbocycles. The average molecular weight is 310 g/mol. The summed E-state index contributed by atoms with van der Waals surface area (Å²) in [6.07, 6.45) is 1.08. The van der Waals surface area contributed by atoms with E-state index in [0.717, 1.165) is 12.0 Å². The Bertz CT molecular complexity index is 665. The molecule has 0 bridgehead atoms. The van der Waals surface area contributed by atoms with E-state index in [-0.39, 0.29) is 22.3 Å². The van der Waals surface area contributed by atoms with E-state index in [0.29, 0.717) is 12.1 Å². The first-order valence-electron chi connectivity index (χ1n) is 7.12. The van der Waals surface area contributed by atoms with Crippen LogP contribution in [0.2, 0.25) is 0 Å². The Morgan fingerprint density at radius 1 is 1.38 bits per heavy atom. The smallest absolute Gasteiger partial charge is 0.240 e. The van der Waals surface area contributed by atoms with Crippen LogP contribution in [0, 0.1) is 0 Å². The van der Waals surface area contributed by atoms with Crippen LogP contribution < -0.4 is 10.0 Å². The minimum absolute atomic E-state index is 0.0409. The molecule has 0 aromatic heterocycles. The van der Waals surface area contributed by atoms with Crippen LogP contribution in [-0.2, 0) is 20.2 Å². The summed E-state index contributed by atoms with van der Waals surface area (Å²) < 4.78 is 27.4. The maximum atomic E-state index is 12.4. The molecule has 0 saturated carbocycles. The molecule has 116 valence electrons. The molecule has 2 N–H and O–H groups in total. The third-order valence-electron chi connectivity index (χ3n) is 3.88. The molecule has 5 nitrogen and oxygen atoms in total. The van der Waals surface area contributed by atoms with Crippen molar-refractivity contribution in [3.8, 4) is 0 Å². The predicted octanol–water partition coefficient (Wildman–Crippen LogP) is 2.38. The van der Waals surface area contributed by atoms with Crippen LogP contribution >= 0.6 is 0 Å². The van der Waals surface area contributed by atoms with E-state index in [1.54, 1.807) is 12.1 Å². The van der Waals surface area contributed by atoms with Gasteiger partial charge in [-0.3, -0.25) is 4.79 Å². The van der Waals surface area contributed by atoms with Gasteiger partial charge in [0.25, 0.3) is 0 Å². The first kappa shape index (κ1) is 16.0. The van der Waals surface area contributed by atoms with Gasteiger partial charge in [0.05, 0.1) is 4.90 Å². The van der Waals surface area contributed by atoms with E-state index in [1.165, 1.54) is 6.07 Å². The molecular formula is C15H22N2O3S. The second-order valence-corrected chi connectivity index (χ2v) is 7.96. The number of fused-ring (bicyclic) bond motifs is 1. The quantitative estimate of drug-likeness (QED) is 0.896. The van der Waals surface area contributed by atoms with Crippen molar-refractivity contribution in [2.45, 2.75) is 56.9 Å². The SMILES string of the molecule is CCC(C)NS(=O)(=O)c1ccc2c(c1)C(C)(C)CC(=O)N2. The molecule has 21 heavy (non-hydrogen) atoms. The summed E-state index contributed by atoms with van der Waals surface area (Å²) in [6, 6.07) is 4.75. The van der Waals surface area contributed by atoms with Crippen molar-refractivity contribution in [1.29, 1.82) is 0 Å². The number of sulfonamides is 1. The molecule has 1 aromatic rings. The fourth-order valence-corrected chi connectivity index (χ4v) is 3.82. The monoisotopic (exact) mass is 310 g/mol. The molecule has 0 spiro atoms. The van der Waals surface area contributed by atoms with E-state index < -0.39 is 10.0 Å². The standard InChI is InChI=1S/C15H22N2O3S/c1-5-10(2)17-21(19,20)11-6-7-13-12(8-11)15(3,4)9-14(18)16-13/h6-8,10,17H,5,9H2,1-4H3,(H,16,18). The fourth-order valence-electron chi connectivity index (χ4n) is 2.47. The number of hydrogen-bond donors (Lipinski definition) is 2. The summed E-state index contributed by atoms with van der Waals surface area (Å²) in [5.41, 5.74) is 1.17. The number of benzene rings is 1. The maximum Gasteiger partial charge on any atom is 0.240 e. The summed E-state index contributed by atoms with van der Waals surface area (Å²) in [4.78, 5) is 11.9. The highest BCUT2D eigenvalue weighted by atomic mass is 32.2. The van der Waals surface area contributed by atoms with Crippen molar-refractivity contribution in [2.24, 2.45) is 0 Å². The molecule has 1 aliphatic heterocycles. The lowest BCUT2D eigenvalue weighted by Crippen LogP contribution is -2.34. The first-order valence-corrected chi connectivity index (χ1v) is 8.61. The number of carbonyl (C=O) groups is 1. The predicted molar refractivity (Wildman–Crippen MR) is 82.8 cm³/mol. The van der Waals surface area contributed by atoms with Gasteiger partial charge in [0.2, 0.25) is 15.9 Å². The second kappa shape index (κ2) is 5.42. The lowest BCUT2D eigenvalue weighted by atomic mass is 9.78. The molecular weight excluding hydrogens is 288 g/mol. The van der Waals surface area contributed by atoms with Gasteiger partial charge >= 0.3 is 0 Å². The molecule has 6 heteroatoms. The van der Waals surface area contributed by atoms with E-state index >= 15 is 0 Å². The van der Waals surface area contributed by atoms with Crippen LogP contribution in [0.3, 0.4) is 0 Å². The van der Waals surface area contributed by atoms with Gasteiger partial charge in [-0.2, -0.15) is 0 Å². The third-order valence-corrected chi connectivity index (χ3v) is 5.46. The molecule has 0 saturated heterocycles. The lowest BCUT2D eigenvalue weighted by Gasteiger charge is -2.32. The van der Waals surface area contributed by atoms with Crippen LogP contribution in [0.5, 0.6) is 0 Å². The number of amides is 1. The fraction of sp³-hybridized carbons (Fsp3) is 0.533. The van der Waals surface area contributed by atoms with Crippen LogP contribution in [0.4, 0.5) is 5.69 Å². The zero-order valence-electron chi connectivity index (χ0n) is 12.9. The molecule has 0 fully saturated rings. The van der Waals surface area contributed by atoms with Crippen molar-refractivity contribution >= 4 is 21.6 Å². The van der Waals surface area contributed by atoms with Crippen molar-refractivity contribution in [2.75, 3.05) is 5.32 Å². The Hall–Kier alpha value is -1.40. The van der Waals surface area contributed by atoms with Crippen molar-refractivity contribution in [1.82, 2.24) is 4.72 Å².